The number of aliphatic hydroxyl groups excluding tert-OH is 1. The Balaban J connectivity index is 0.000000350. The summed E-state index contributed by atoms with van der Waals surface area (Å²) in [5.74, 6) is 0.0209. The smallest absolute Gasteiger partial charge is 0.197 e. The normalized spacial score (nSPS) is 12.1. The van der Waals surface area contributed by atoms with Crippen molar-refractivity contribution in [3.63, 3.8) is 0 Å². The molecule has 1 atom stereocenters. The third kappa shape index (κ3) is 7.64. The molecule has 1 heterocycles. The highest BCUT2D eigenvalue weighted by molar-refractivity contribution is 5.96. The summed E-state index contributed by atoms with van der Waals surface area (Å²) in [5.41, 5.74) is 3.22. The second kappa shape index (κ2) is 12.0. The highest BCUT2D eigenvalue weighted by atomic mass is 16.3. The minimum atomic E-state index is -0.228. The first-order chi connectivity index (χ1) is 12.5. The summed E-state index contributed by atoms with van der Waals surface area (Å²) in [6.07, 6.45) is 6.45. The van der Waals surface area contributed by atoms with Crippen LogP contribution in [0.3, 0.4) is 0 Å². The van der Waals surface area contributed by atoms with Crippen molar-refractivity contribution in [1.29, 1.82) is 0 Å². The van der Waals surface area contributed by atoms with Crippen LogP contribution in [0.1, 0.15) is 69.7 Å². The number of carbonyl (C=O) groups is 1. The number of Topliss-reactive ketones (excluding diaryl/α,β-unsaturated/α-hetero) is 1. The Hall–Kier alpha value is -2.42. The van der Waals surface area contributed by atoms with Gasteiger partial charge in [-0.2, -0.15) is 0 Å². The van der Waals surface area contributed by atoms with Crippen LogP contribution in [-0.4, -0.2) is 15.9 Å². The Labute approximate surface area is 157 Å². The van der Waals surface area contributed by atoms with Crippen molar-refractivity contribution in [2.45, 2.75) is 59.3 Å². The first-order valence-corrected chi connectivity index (χ1v) is 9.45. The van der Waals surface area contributed by atoms with E-state index in [1.807, 2.05) is 25.1 Å². The lowest BCUT2D eigenvalue weighted by atomic mass is 9.99. The Bertz CT molecular complexity index is 692. The zero-order valence-electron chi connectivity index (χ0n) is 16.4. The molecule has 0 fully saturated rings. The number of rotatable bonds is 7. The van der Waals surface area contributed by atoms with E-state index < -0.39 is 0 Å². The minimum absolute atomic E-state index is 0.203. The Morgan fingerprint density at radius 1 is 1.15 bits per heavy atom. The zero-order chi connectivity index (χ0) is 19.4. The van der Waals surface area contributed by atoms with Gasteiger partial charge in [0.2, 0.25) is 0 Å². The van der Waals surface area contributed by atoms with Gasteiger partial charge in [0, 0.05) is 18.7 Å². The molecule has 2 aromatic rings. The maximum Gasteiger partial charge on any atom is 0.197 e. The van der Waals surface area contributed by atoms with Crippen LogP contribution < -0.4 is 0 Å². The molecule has 3 nitrogen and oxygen atoms in total. The number of benzene rings is 1. The van der Waals surface area contributed by atoms with Crippen molar-refractivity contribution in [2.24, 2.45) is 0 Å². The quantitative estimate of drug-likeness (QED) is 0.482. The average Bonchev–Trinajstić information content (AvgIpc) is 2.68. The number of nitrogens with zero attached hydrogens (tertiary/aromatic N) is 1. The van der Waals surface area contributed by atoms with Crippen LogP contribution in [0.5, 0.6) is 0 Å². The van der Waals surface area contributed by atoms with Crippen LogP contribution in [0.2, 0.25) is 0 Å². The molecule has 0 spiro atoms. The van der Waals surface area contributed by atoms with E-state index in [2.05, 4.69) is 50.0 Å². The van der Waals surface area contributed by atoms with E-state index in [0.29, 0.717) is 18.0 Å². The molecule has 0 aliphatic heterocycles. The SMILES string of the molecule is CCCC(=O)/C(O)=C/c1cc(C(C)CC)ccn1.CCc1ccccc1. The molecule has 140 valence electrons. The largest absolute Gasteiger partial charge is 0.504 e. The molecule has 0 aliphatic carbocycles. The van der Waals surface area contributed by atoms with Crippen LogP contribution >= 0.6 is 0 Å². The molecular formula is C23H31NO2. The van der Waals surface area contributed by atoms with Gasteiger partial charge in [0.05, 0.1) is 5.69 Å². The topological polar surface area (TPSA) is 50.2 Å². The minimum Gasteiger partial charge on any atom is -0.504 e. The van der Waals surface area contributed by atoms with Crippen LogP contribution in [0.25, 0.3) is 6.08 Å². The van der Waals surface area contributed by atoms with Crippen LogP contribution in [0.4, 0.5) is 0 Å². The first-order valence-electron chi connectivity index (χ1n) is 9.45. The van der Waals surface area contributed by atoms with Gasteiger partial charge in [0.15, 0.2) is 11.5 Å². The summed E-state index contributed by atoms with van der Waals surface area (Å²) >= 11 is 0. The molecule has 0 amide bonds. The third-order valence-electron chi connectivity index (χ3n) is 4.28. The van der Waals surface area contributed by atoms with Crippen molar-refractivity contribution in [2.75, 3.05) is 0 Å². The van der Waals surface area contributed by atoms with E-state index in [1.54, 1.807) is 6.20 Å². The summed E-state index contributed by atoms with van der Waals surface area (Å²) in [7, 11) is 0. The van der Waals surface area contributed by atoms with Gasteiger partial charge in [-0.05, 0) is 48.4 Å². The molecule has 0 saturated carbocycles. The van der Waals surface area contributed by atoms with Gasteiger partial charge >= 0.3 is 0 Å². The van der Waals surface area contributed by atoms with Gasteiger partial charge < -0.3 is 5.11 Å². The van der Waals surface area contributed by atoms with Crippen molar-refractivity contribution in [3.8, 4) is 0 Å². The van der Waals surface area contributed by atoms with E-state index in [4.69, 9.17) is 0 Å². The Morgan fingerprint density at radius 3 is 2.38 bits per heavy atom. The Kier molecular flexibility index (Phi) is 9.99. The van der Waals surface area contributed by atoms with Gasteiger partial charge in [-0.3, -0.25) is 9.78 Å². The first kappa shape index (κ1) is 21.6. The van der Waals surface area contributed by atoms with Crippen molar-refractivity contribution < 1.29 is 9.90 Å². The van der Waals surface area contributed by atoms with Gasteiger partial charge in [0.1, 0.15) is 0 Å². The molecule has 26 heavy (non-hydrogen) atoms. The number of carbonyl (C=O) groups excluding carboxylic acids is 1. The molecule has 0 aliphatic rings. The van der Waals surface area contributed by atoms with Gasteiger partial charge in [-0.25, -0.2) is 0 Å². The average molecular weight is 354 g/mol. The Morgan fingerprint density at radius 2 is 1.85 bits per heavy atom. The lowest BCUT2D eigenvalue weighted by molar-refractivity contribution is -0.117. The van der Waals surface area contributed by atoms with Gasteiger partial charge in [0.25, 0.3) is 0 Å². The second-order valence-electron chi connectivity index (χ2n) is 6.37. The van der Waals surface area contributed by atoms with E-state index in [1.165, 1.54) is 17.2 Å². The van der Waals surface area contributed by atoms with Crippen molar-refractivity contribution >= 4 is 11.9 Å². The summed E-state index contributed by atoms with van der Waals surface area (Å²) in [6.45, 7) is 8.34. The highest BCUT2D eigenvalue weighted by Crippen LogP contribution is 2.19. The predicted molar refractivity (Wildman–Crippen MR) is 109 cm³/mol. The zero-order valence-corrected chi connectivity index (χ0v) is 16.4. The maximum atomic E-state index is 11.5. The molecule has 1 aromatic heterocycles. The molecule has 0 radical (unpaired) electrons. The van der Waals surface area contributed by atoms with Gasteiger partial charge in [-0.1, -0.05) is 58.0 Å². The lowest BCUT2D eigenvalue weighted by Crippen LogP contribution is -2.01. The third-order valence-corrected chi connectivity index (χ3v) is 4.28. The standard InChI is InChI=1S/C15H21NO2.C8H10/c1-4-6-14(17)15(18)10-13-9-12(7-8-16-13)11(3)5-2;1-2-8-6-4-3-5-7-8/h7-11,18H,4-6H2,1-3H3;3-7H,2H2,1H3/b15-10-;. The molecule has 0 saturated heterocycles. The molecule has 3 heteroatoms. The van der Waals surface area contributed by atoms with Crippen molar-refractivity contribution in [1.82, 2.24) is 4.98 Å². The summed E-state index contributed by atoms with van der Waals surface area (Å²) in [4.78, 5) is 15.6. The van der Waals surface area contributed by atoms with Crippen LogP contribution in [0, 0.1) is 0 Å². The fourth-order valence-corrected chi connectivity index (χ4v) is 2.38. The number of aryl methyl sites for hydroxylation is 1. The summed E-state index contributed by atoms with van der Waals surface area (Å²) in [5, 5.41) is 9.66. The molecule has 2 rings (SSSR count). The van der Waals surface area contributed by atoms with Crippen molar-refractivity contribution in [3.05, 3.63) is 71.2 Å². The highest BCUT2D eigenvalue weighted by Gasteiger charge is 2.08. The maximum absolute atomic E-state index is 11.5. The fourth-order valence-electron chi connectivity index (χ4n) is 2.38. The van der Waals surface area contributed by atoms with E-state index in [9.17, 15) is 9.90 Å². The number of aliphatic hydroxyl groups is 1. The predicted octanol–water partition coefficient (Wildman–Crippen LogP) is 6.11. The molecular weight excluding hydrogens is 322 g/mol. The molecule has 0 bridgehead atoms. The summed E-state index contributed by atoms with van der Waals surface area (Å²) < 4.78 is 0. The molecule has 1 unspecified atom stereocenters. The van der Waals surface area contributed by atoms with Crippen LogP contribution in [0.15, 0.2) is 54.4 Å². The van der Waals surface area contributed by atoms with Crippen LogP contribution in [-0.2, 0) is 11.2 Å². The number of hydrogen-bond acceptors (Lipinski definition) is 3. The lowest BCUT2D eigenvalue weighted by Gasteiger charge is -2.08. The number of allylic oxidation sites excluding steroid dienone is 1. The summed E-state index contributed by atoms with van der Waals surface area (Å²) in [6, 6.07) is 14.3. The second-order valence-corrected chi connectivity index (χ2v) is 6.37. The fraction of sp³-hybridized carbons (Fsp3) is 0.391. The van der Waals surface area contributed by atoms with E-state index in [0.717, 1.165) is 19.3 Å². The monoisotopic (exact) mass is 353 g/mol. The molecule has 1 aromatic carbocycles. The number of pyridine rings is 1. The van der Waals surface area contributed by atoms with E-state index >= 15 is 0 Å². The number of ketones is 1. The number of hydrogen-bond donors (Lipinski definition) is 1. The van der Waals surface area contributed by atoms with Gasteiger partial charge in [-0.15, -0.1) is 0 Å². The van der Waals surface area contributed by atoms with E-state index in [-0.39, 0.29) is 11.5 Å². The molecule has 1 N–H and O–H groups in total. The number of aromatic nitrogens is 1.